The van der Waals surface area contributed by atoms with Crippen LogP contribution in [0.25, 0.3) is 0 Å². The summed E-state index contributed by atoms with van der Waals surface area (Å²) in [5, 5.41) is 6.38. The Morgan fingerprint density at radius 2 is 1.84 bits per heavy atom. The molecule has 2 N–H and O–H groups in total. The van der Waals surface area contributed by atoms with Crippen molar-refractivity contribution >= 4 is 5.91 Å². The van der Waals surface area contributed by atoms with Gasteiger partial charge in [0.15, 0.2) is 0 Å². The number of hydrogen-bond acceptors (Lipinski definition) is 2. The highest BCUT2D eigenvalue weighted by Crippen LogP contribution is 2.45. The molecule has 0 aromatic heterocycles. The van der Waals surface area contributed by atoms with Gasteiger partial charge in [0, 0.05) is 13.1 Å². The molecule has 2 saturated carbocycles. The van der Waals surface area contributed by atoms with E-state index in [1.165, 1.54) is 32.1 Å². The second-order valence-electron chi connectivity index (χ2n) is 7.32. The summed E-state index contributed by atoms with van der Waals surface area (Å²) >= 11 is 0. The van der Waals surface area contributed by atoms with Gasteiger partial charge in [-0.2, -0.15) is 0 Å². The number of carbonyl (C=O) groups is 1. The van der Waals surface area contributed by atoms with Gasteiger partial charge in [0.1, 0.15) is 0 Å². The Labute approximate surface area is 117 Å². The third-order valence-corrected chi connectivity index (χ3v) is 5.27. The lowest BCUT2D eigenvalue weighted by atomic mass is 9.71. The SMILES string of the molecule is CNCC1(C(=O)NCC(C)(C)C2CCCCC2)CC1. The fourth-order valence-corrected chi connectivity index (χ4v) is 3.50. The van der Waals surface area contributed by atoms with E-state index in [2.05, 4.69) is 24.5 Å². The van der Waals surface area contributed by atoms with Gasteiger partial charge in [-0.25, -0.2) is 0 Å². The Morgan fingerprint density at radius 3 is 2.37 bits per heavy atom. The Hall–Kier alpha value is -0.570. The van der Waals surface area contributed by atoms with Crippen LogP contribution in [-0.2, 0) is 4.79 Å². The molecule has 0 aromatic rings. The van der Waals surface area contributed by atoms with E-state index < -0.39 is 0 Å². The van der Waals surface area contributed by atoms with Gasteiger partial charge >= 0.3 is 0 Å². The Bertz CT molecular complexity index is 315. The number of hydrogen-bond donors (Lipinski definition) is 2. The summed E-state index contributed by atoms with van der Waals surface area (Å²) in [5.74, 6) is 1.05. The van der Waals surface area contributed by atoms with Gasteiger partial charge < -0.3 is 10.6 Å². The van der Waals surface area contributed by atoms with Gasteiger partial charge in [-0.05, 0) is 44.1 Å². The molecule has 0 radical (unpaired) electrons. The van der Waals surface area contributed by atoms with Crippen LogP contribution in [0, 0.1) is 16.7 Å². The molecule has 19 heavy (non-hydrogen) atoms. The molecule has 0 atom stereocenters. The monoisotopic (exact) mass is 266 g/mol. The summed E-state index contributed by atoms with van der Waals surface area (Å²) in [6, 6.07) is 0. The van der Waals surface area contributed by atoms with E-state index in [0.29, 0.717) is 0 Å². The van der Waals surface area contributed by atoms with Crippen molar-refractivity contribution < 1.29 is 4.79 Å². The standard InChI is InChI=1S/C16H30N2O/c1-15(2,13-7-5-4-6-8-13)11-18-14(19)16(9-10-16)12-17-3/h13,17H,4-12H2,1-3H3,(H,18,19). The molecule has 2 rings (SSSR count). The molecule has 0 saturated heterocycles. The summed E-state index contributed by atoms with van der Waals surface area (Å²) in [6.45, 7) is 6.30. The number of nitrogens with one attached hydrogen (secondary N) is 2. The van der Waals surface area contributed by atoms with Crippen molar-refractivity contribution in [1.29, 1.82) is 0 Å². The normalized spacial score (nSPS) is 23.1. The number of rotatable bonds is 6. The third kappa shape index (κ3) is 3.50. The number of carbonyl (C=O) groups excluding carboxylic acids is 1. The summed E-state index contributed by atoms with van der Waals surface area (Å²) in [7, 11) is 1.93. The minimum Gasteiger partial charge on any atom is -0.355 e. The van der Waals surface area contributed by atoms with Crippen molar-refractivity contribution in [2.24, 2.45) is 16.7 Å². The molecule has 2 aliphatic carbocycles. The van der Waals surface area contributed by atoms with Crippen LogP contribution in [-0.4, -0.2) is 26.0 Å². The molecule has 3 nitrogen and oxygen atoms in total. The molecule has 2 aliphatic rings. The lowest BCUT2D eigenvalue weighted by molar-refractivity contribution is -0.126. The van der Waals surface area contributed by atoms with Gasteiger partial charge in [-0.3, -0.25) is 4.79 Å². The highest BCUT2D eigenvalue weighted by atomic mass is 16.2. The van der Waals surface area contributed by atoms with Crippen molar-refractivity contribution in [1.82, 2.24) is 10.6 Å². The van der Waals surface area contributed by atoms with Crippen LogP contribution < -0.4 is 10.6 Å². The van der Waals surface area contributed by atoms with Crippen LogP contribution in [0.1, 0.15) is 58.8 Å². The van der Waals surface area contributed by atoms with Crippen LogP contribution >= 0.6 is 0 Å². The topological polar surface area (TPSA) is 41.1 Å². The molecule has 0 unspecified atom stereocenters. The average molecular weight is 266 g/mol. The highest BCUT2D eigenvalue weighted by Gasteiger charge is 2.49. The van der Waals surface area contributed by atoms with Gasteiger partial charge in [0.05, 0.1) is 5.41 Å². The second kappa shape index (κ2) is 5.82. The third-order valence-electron chi connectivity index (χ3n) is 5.27. The predicted molar refractivity (Wildman–Crippen MR) is 79.0 cm³/mol. The Balaban J connectivity index is 1.82. The molecule has 0 bridgehead atoms. The maximum absolute atomic E-state index is 12.3. The average Bonchev–Trinajstić information content (AvgIpc) is 3.18. The zero-order valence-electron chi connectivity index (χ0n) is 12.8. The molecule has 0 aromatic carbocycles. The molecule has 110 valence electrons. The first kappa shape index (κ1) is 14.8. The van der Waals surface area contributed by atoms with E-state index in [4.69, 9.17) is 0 Å². The van der Waals surface area contributed by atoms with E-state index in [9.17, 15) is 4.79 Å². The molecule has 3 heteroatoms. The van der Waals surface area contributed by atoms with Crippen LogP contribution in [0.3, 0.4) is 0 Å². The lowest BCUT2D eigenvalue weighted by Crippen LogP contribution is -2.44. The summed E-state index contributed by atoms with van der Waals surface area (Å²) in [6.07, 6.45) is 8.89. The molecule has 0 spiro atoms. The van der Waals surface area contributed by atoms with Gasteiger partial charge in [-0.15, -0.1) is 0 Å². The maximum Gasteiger partial charge on any atom is 0.227 e. The fourth-order valence-electron chi connectivity index (χ4n) is 3.50. The van der Waals surface area contributed by atoms with E-state index in [1.807, 2.05) is 7.05 Å². The highest BCUT2D eigenvalue weighted by molar-refractivity contribution is 5.85. The molecule has 1 amide bonds. The first-order valence-electron chi connectivity index (χ1n) is 7.93. The molecule has 0 aliphatic heterocycles. The van der Waals surface area contributed by atoms with Crippen molar-refractivity contribution in [2.75, 3.05) is 20.1 Å². The van der Waals surface area contributed by atoms with E-state index in [0.717, 1.165) is 31.8 Å². The smallest absolute Gasteiger partial charge is 0.227 e. The van der Waals surface area contributed by atoms with Crippen LogP contribution in [0.4, 0.5) is 0 Å². The van der Waals surface area contributed by atoms with E-state index in [-0.39, 0.29) is 16.7 Å². The minimum atomic E-state index is -0.0859. The Morgan fingerprint density at radius 1 is 1.21 bits per heavy atom. The zero-order valence-corrected chi connectivity index (χ0v) is 12.8. The largest absolute Gasteiger partial charge is 0.355 e. The first-order chi connectivity index (χ1) is 9.00. The van der Waals surface area contributed by atoms with Crippen molar-refractivity contribution in [3.8, 4) is 0 Å². The maximum atomic E-state index is 12.3. The van der Waals surface area contributed by atoms with Gasteiger partial charge in [-0.1, -0.05) is 33.1 Å². The molecular weight excluding hydrogens is 236 g/mol. The quantitative estimate of drug-likeness (QED) is 0.776. The van der Waals surface area contributed by atoms with Crippen molar-refractivity contribution in [3.05, 3.63) is 0 Å². The predicted octanol–water partition coefficient (Wildman–Crippen LogP) is 2.71. The molecule has 0 heterocycles. The summed E-state index contributed by atoms with van der Waals surface area (Å²) in [5.41, 5.74) is 0.156. The molecular formula is C16H30N2O. The molecule has 2 fully saturated rings. The van der Waals surface area contributed by atoms with E-state index in [1.54, 1.807) is 0 Å². The van der Waals surface area contributed by atoms with Gasteiger partial charge in [0.25, 0.3) is 0 Å². The first-order valence-corrected chi connectivity index (χ1v) is 7.93. The lowest BCUT2D eigenvalue weighted by Gasteiger charge is -2.37. The van der Waals surface area contributed by atoms with Crippen LogP contribution in [0.5, 0.6) is 0 Å². The van der Waals surface area contributed by atoms with Gasteiger partial charge in [0.2, 0.25) is 5.91 Å². The minimum absolute atomic E-state index is 0.0859. The zero-order chi connectivity index (χ0) is 13.9. The van der Waals surface area contributed by atoms with Crippen LogP contribution in [0.15, 0.2) is 0 Å². The summed E-state index contributed by atoms with van der Waals surface area (Å²) < 4.78 is 0. The fraction of sp³-hybridized carbons (Fsp3) is 0.938. The van der Waals surface area contributed by atoms with Crippen LogP contribution in [0.2, 0.25) is 0 Å². The van der Waals surface area contributed by atoms with Crippen molar-refractivity contribution in [3.63, 3.8) is 0 Å². The number of amides is 1. The summed E-state index contributed by atoms with van der Waals surface area (Å²) in [4.78, 5) is 12.3. The Kier molecular flexibility index (Phi) is 4.54. The second-order valence-corrected chi connectivity index (χ2v) is 7.32. The van der Waals surface area contributed by atoms with Crippen molar-refractivity contribution in [2.45, 2.75) is 58.8 Å². The van der Waals surface area contributed by atoms with E-state index >= 15 is 0 Å².